The second-order valence-corrected chi connectivity index (χ2v) is 5.80. The largest absolute Gasteiger partial charge is 0.550 e. The Morgan fingerprint density at radius 2 is 1.94 bits per heavy atom. The number of rotatable bonds is 2. The number of carbonyl (C=O) groups excluding carboxylic acids is 2. The molecule has 100 valence electrons. The topological polar surface area (TPSA) is 69.7 Å². The lowest BCUT2D eigenvalue weighted by Gasteiger charge is -2.33. The molecule has 3 rings (SSSR count). The van der Waals surface area contributed by atoms with Gasteiger partial charge in [-0.3, -0.25) is 4.79 Å². The standard InChI is InChI=1S/C13H19NO4/c1-8-7-14(13(18-8)4-2-3-5-13)11(15)9-6-10(9)12(16)17/h8-10H,2-7H2,1H3,(H,16,17)/p-1/t8-,9+,10+/m1/s1. The number of aliphatic carboxylic acids is 1. The lowest BCUT2D eigenvalue weighted by molar-refractivity contribution is -0.308. The molecule has 5 nitrogen and oxygen atoms in total. The van der Waals surface area contributed by atoms with Gasteiger partial charge >= 0.3 is 0 Å². The molecule has 2 saturated carbocycles. The summed E-state index contributed by atoms with van der Waals surface area (Å²) in [5, 5.41) is 10.8. The molecule has 0 aromatic heterocycles. The summed E-state index contributed by atoms with van der Waals surface area (Å²) in [6.45, 7) is 2.56. The van der Waals surface area contributed by atoms with E-state index in [9.17, 15) is 14.7 Å². The first-order valence-corrected chi connectivity index (χ1v) is 6.74. The Morgan fingerprint density at radius 1 is 1.28 bits per heavy atom. The molecule has 3 fully saturated rings. The van der Waals surface area contributed by atoms with E-state index in [0.29, 0.717) is 13.0 Å². The van der Waals surface area contributed by atoms with Crippen LogP contribution in [-0.2, 0) is 14.3 Å². The van der Waals surface area contributed by atoms with Gasteiger partial charge in [0.15, 0.2) is 0 Å². The van der Waals surface area contributed by atoms with Crippen LogP contribution in [0, 0.1) is 11.8 Å². The van der Waals surface area contributed by atoms with Gasteiger partial charge in [0.25, 0.3) is 0 Å². The minimum Gasteiger partial charge on any atom is -0.550 e. The Morgan fingerprint density at radius 3 is 2.50 bits per heavy atom. The van der Waals surface area contributed by atoms with E-state index in [1.165, 1.54) is 0 Å². The third-order valence-electron chi connectivity index (χ3n) is 4.41. The van der Waals surface area contributed by atoms with E-state index >= 15 is 0 Å². The number of nitrogens with zero attached hydrogens (tertiary/aromatic N) is 1. The Balaban J connectivity index is 1.75. The molecule has 0 bridgehead atoms. The van der Waals surface area contributed by atoms with Crippen LogP contribution in [-0.4, -0.2) is 35.2 Å². The molecule has 1 saturated heterocycles. The molecule has 0 aromatic rings. The maximum absolute atomic E-state index is 12.4. The molecule has 0 N–H and O–H groups in total. The molecule has 0 radical (unpaired) electrons. The van der Waals surface area contributed by atoms with Crippen LogP contribution in [0.3, 0.4) is 0 Å². The summed E-state index contributed by atoms with van der Waals surface area (Å²) in [5.41, 5.74) is -0.435. The van der Waals surface area contributed by atoms with Crippen molar-refractivity contribution in [2.45, 2.75) is 50.9 Å². The number of hydrogen-bond donors (Lipinski definition) is 0. The zero-order chi connectivity index (χ0) is 12.9. The van der Waals surface area contributed by atoms with Crippen LogP contribution >= 0.6 is 0 Å². The van der Waals surface area contributed by atoms with Crippen molar-refractivity contribution in [3.63, 3.8) is 0 Å². The molecule has 1 spiro atoms. The number of amides is 1. The summed E-state index contributed by atoms with van der Waals surface area (Å²) in [7, 11) is 0. The molecule has 1 aliphatic heterocycles. The minimum absolute atomic E-state index is 0.0459. The van der Waals surface area contributed by atoms with Gasteiger partial charge in [0, 0.05) is 24.3 Å². The number of carbonyl (C=O) groups is 2. The van der Waals surface area contributed by atoms with Crippen molar-refractivity contribution in [2.24, 2.45) is 11.8 Å². The SMILES string of the molecule is C[C@@H]1CN(C(=O)[C@H]2C[C@@H]2C(=O)[O-])C2(CCCC2)O1. The molecule has 0 unspecified atom stereocenters. The lowest BCUT2D eigenvalue weighted by atomic mass is 10.1. The smallest absolute Gasteiger partial charge is 0.228 e. The van der Waals surface area contributed by atoms with E-state index in [4.69, 9.17) is 4.74 Å². The first-order chi connectivity index (χ1) is 8.53. The van der Waals surface area contributed by atoms with Crippen LogP contribution in [0.5, 0.6) is 0 Å². The molecule has 1 amide bonds. The fourth-order valence-electron chi connectivity index (χ4n) is 3.43. The zero-order valence-electron chi connectivity index (χ0n) is 10.6. The van der Waals surface area contributed by atoms with Crippen LogP contribution in [0.4, 0.5) is 0 Å². The summed E-state index contributed by atoms with van der Waals surface area (Å²) in [6, 6.07) is 0. The molecule has 0 aromatic carbocycles. The van der Waals surface area contributed by atoms with Gasteiger partial charge in [-0.15, -0.1) is 0 Å². The lowest BCUT2D eigenvalue weighted by Crippen LogP contribution is -2.47. The average Bonchev–Trinajstić information content (AvgIpc) is 2.90. The second-order valence-electron chi connectivity index (χ2n) is 5.80. The number of hydrogen-bond acceptors (Lipinski definition) is 4. The van der Waals surface area contributed by atoms with E-state index < -0.39 is 17.6 Å². The predicted octanol–water partition coefficient (Wildman–Crippen LogP) is -0.110. The van der Waals surface area contributed by atoms with Crippen molar-refractivity contribution < 1.29 is 19.4 Å². The highest BCUT2D eigenvalue weighted by Gasteiger charge is 2.54. The summed E-state index contributed by atoms with van der Waals surface area (Å²) in [5.74, 6) is -2.09. The van der Waals surface area contributed by atoms with E-state index in [-0.39, 0.29) is 17.9 Å². The monoisotopic (exact) mass is 252 g/mol. The fraction of sp³-hybridized carbons (Fsp3) is 0.846. The Kier molecular flexibility index (Phi) is 2.62. The van der Waals surface area contributed by atoms with E-state index in [1.54, 1.807) is 4.90 Å². The predicted molar refractivity (Wildman–Crippen MR) is 60.1 cm³/mol. The van der Waals surface area contributed by atoms with Crippen LogP contribution < -0.4 is 5.11 Å². The van der Waals surface area contributed by atoms with Crippen LogP contribution in [0.1, 0.15) is 39.0 Å². The van der Waals surface area contributed by atoms with Gasteiger partial charge < -0.3 is 19.5 Å². The molecule has 3 aliphatic rings. The van der Waals surface area contributed by atoms with Crippen LogP contribution in [0.25, 0.3) is 0 Å². The maximum Gasteiger partial charge on any atom is 0.228 e. The van der Waals surface area contributed by atoms with Crippen molar-refractivity contribution in [3.05, 3.63) is 0 Å². The van der Waals surface area contributed by atoms with Gasteiger partial charge in [-0.2, -0.15) is 0 Å². The maximum atomic E-state index is 12.4. The third kappa shape index (κ3) is 1.72. The van der Waals surface area contributed by atoms with Crippen LogP contribution in [0.2, 0.25) is 0 Å². The fourth-order valence-corrected chi connectivity index (χ4v) is 3.43. The molecule has 2 aliphatic carbocycles. The highest BCUT2D eigenvalue weighted by Crippen LogP contribution is 2.46. The van der Waals surface area contributed by atoms with E-state index in [1.807, 2.05) is 6.92 Å². The van der Waals surface area contributed by atoms with Gasteiger partial charge in [0.1, 0.15) is 5.72 Å². The van der Waals surface area contributed by atoms with Gasteiger partial charge in [-0.05, 0) is 39.0 Å². The second kappa shape index (κ2) is 3.95. The van der Waals surface area contributed by atoms with Gasteiger partial charge in [0.05, 0.1) is 6.10 Å². The minimum atomic E-state index is -1.10. The molecular weight excluding hydrogens is 234 g/mol. The average molecular weight is 252 g/mol. The zero-order valence-corrected chi connectivity index (χ0v) is 10.6. The van der Waals surface area contributed by atoms with Gasteiger partial charge in [-0.1, -0.05) is 0 Å². The summed E-state index contributed by atoms with van der Waals surface area (Å²) in [6.07, 6.45) is 4.39. The number of carboxylic acids is 1. The number of ether oxygens (including phenoxy) is 1. The molecule has 18 heavy (non-hydrogen) atoms. The first-order valence-electron chi connectivity index (χ1n) is 6.74. The first kappa shape index (κ1) is 12.0. The van der Waals surface area contributed by atoms with Crippen molar-refractivity contribution >= 4 is 11.9 Å². The van der Waals surface area contributed by atoms with Crippen molar-refractivity contribution in [3.8, 4) is 0 Å². The highest BCUT2D eigenvalue weighted by molar-refractivity contribution is 5.89. The van der Waals surface area contributed by atoms with Crippen LogP contribution in [0.15, 0.2) is 0 Å². The van der Waals surface area contributed by atoms with E-state index in [2.05, 4.69) is 0 Å². The molecular formula is C13H18NO4-. The Hall–Kier alpha value is -1.10. The normalized spacial score (nSPS) is 37.2. The summed E-state index contributed by atoms with van der Waals surface area (Å²) < 4.78 is 5.96. The van der Waals surface area contributed by atoms with Crippen molar-refractivity contribution in [1.29, 1.82) is 0 Å². The van der Waals surface area contributed by atoms with Crippen molar-refractivity contribution in [1.82, 2.24) is 4.90 Å². The van der Waals surface area contributed by atoms with Gasteiger partial charge in [0.2, 0.25) is 5.91 Å². The highest BCUT2D eigenvalue weighted by atomic mass is 16.5. The quantitative estimate of drug-likeness (QED) is 0.687. The molecule has 5 heteroatoms. The van der Waals surface area contributed by atoms with E-state index in [0.717, 1.165) is 25.7 Å². The molecule has 3 atom stereocenters. The molecule has 1 heterocycles. The Labute approximate surface area is 106 Å². The summed E-state index contributed by atoms with van der Waals surface area (Å²) >= 11 is 0. The van der Waals surface area contributed by atoms with Gasteiger partial charge in [-0.25, -0.2) is 0 Å². The van der Waals surface area contributed by atoms with Crippen molar-refractivity contribution in [2.75, 3.05) is 6.54 Å². The number of carboxylic acid groups (broad SMARTS) is 1. The third-order valence-corrected chi connectivity index (χ3v) is 4.41. The Bertz CT molecular complexity index is 388. The summed E-state index contributed by atoms with van der Waals surface area (Å²) in [4.78, 5) is 24.9.